The van der Waals surface area contributed by atoms with Crippen LogP contribution >= 0.6 is 0 Å². The number of aromatic hydroxyl groups is 2. The number of phenols is 2. The van der Waals surface area contributed by atoms with E-state index in [-0.39, 0.29) is 11.5 Å². The number of hydrogen-bond acceptors (Lipinski definition) is 5. The lowest BCUT2D eigenvalue weighted by molar-refractivity contribution is 0.422. The van der Waals surface area contributed by atoms with Gasteiger partial charge in [0, 0.05) is 12.1 Å². The van der Waals surface area contributed by atoms with Gasteiger partial charge < -0.3 is 19.7 Å². The molecule has 23 heavy (non-hydrogen) atoms. The van der Waals surface area contributed by atoms with Crippen molar-refractivity contribution >= 4 is 0 Å². The number of aryl methyl sites for hydroxylation is 1. The van der Waals surface area contributed by atoms with Crippen molar-refractivity contribution in [1.82, 2.24) is 4.98 Å². The molecule has 5 heteroatoms. The van der Waals surface area contributed by atoms with Crippen LogP contribution in [0.3, 0.4) is 0 Å². The summed E-state index contributed by atoms with van der Waals surface area (Å²) in [5.41, 5.74) is 0.933. The summed E-state index contributed by atoms with van der Waals surface area (Å²) in [6.45, 7) is 1.91. The molecule has 116 valence electrons. The molecule has 5 nitrogen and oxygen atoms in total. The molecule has 0 atom stereocenters. The first kappa shape index (κ1) is 14.7. The number of hydrogen-bond donors (Lipinski definition) is 2. The summed E-state index contributed by atoms with van der Waals surface area (Å²) in [6, 6.07) is 16.3. The van der Waals surface area contributed by atoms with E-state index >= 15 is 0 Å². The number of nitrogens with zero attached hydrogens (tertiary/aromatic N) is 1. The van der Waals surface area contributed by atoms with Crippen molar-refractivity contribution in [1.29, 1.82) is 0 Å². The van der Waals surface area contributed by atoms with Crippen molar-refractivity contribution < 1.29 is 19.7 Å². The highest BCUT2D eigenvalue weighted by molar-refractivity contribution is 5.37. The molecule has 3 rings (SSSR count). The Bertz CT molecular complexity index is 733. The largest absolute Gasteiger partial charge is 0.508 e. The minimum absolute atomic E-state index is 0.172. The number of benzene rings is 2. The molecule has 0 fully saturated rings. The molecule has 1 heterocycles. The van der Waals surface area contributed by atoms with Gasteiger partial charge in [-0.15, -0.1) is 0 Å². The Kier molecular flexibility index (Phi) is 4.01. The van der Waals surface area contributed by atoms with Crippen molar-refractivity contribution in [3.63, 3.8) is 0 Å². The Morgan fingerprint density at radius 1 is 0.696 bits per heavy atom. The molecule has 0 aliphatic carbocycles. The fraction of sp³-hybridized carbons (Fsp3) is 0.0556. The second kappa shape index (κ2) is 6.27. The summed E-state index contributed by atoms with van der Waals surface area (Å²) >= 11 is 0. The van der Waals surface area contributed by atoms with Gasteiger partial charge in [0.15, 0.2) is 0 Å². The first-order valence-corrected chi connectivity index (χ1v) is 7.01. The van der Waals surface area contributed by atoms with Crippen LogP contribution in [0, 0.1) is 6.92 Å². The van der Waals surface area contributed by atoms with Gasteiger partial charge in [-0.05, 0) is 61.0 Å². The average Bonchev–Trinajstić information content (AvgIpc) is 2.51. The van der Waals surface area contributed by atoms with E-state index in [2.05, 4.69) is 4.98 Å². The molecule has 2 N–H and O–H groups in total. The van der Waals surface area contributed by atoms with Crippen LogP contribution in [0.1, 0.15) is 5.56 Å². The summed E-state index contributed by atoms with van der Waals surface area (Å²) in [4.78, 5) is 4.30. The van der Waals surface area contributed by atoms with Crippen molar-refractivity contribution in [3.05, 3.63) is 66.2 Å². The van der Waals surface area contributed by atoms with Crippen LogP contribution in [0.4, 0.5) is 0 Å². The quantitative estimate of drug-likeness (QED) is 0.748. The zero-order valence-electron chi connectivity index (χ0n) is 12.4. The van der Waals surface area contributed by atoms with E-state index in [4.69, 9.17) is 9.47 Å². The normalized spacial score (nSPS) is 10.3. The zero-order valence-corrected chi connectivity index (χ0v) is 12.4. The molecular weight excluding hydrogens is 294 g/mol. The third-order valence-electron chi connectivity index (χ3n) is 3.04. The summed E-state index contributed by atoms with van der Waals surface area (Å²) in [7, 11) is 0. The van der Waals surface area contributed by atoms with E-state index in [1.54, 1.807) is 60.7 Å². The molecule has 1 aromatic heterocycles. The van der Waals surface area contributed by atoms with Crippen LogP contribution in [-0.4, -0.2) is 15.2 Å². The molecule has 0 bridgehead atoms. The highest BCUT2D eigenvalue weighted by Gasteiger charge is 2.06. The second-order valence-corrected chi connectivity index (χ2v) is 5.01. The van der Waals surface area contributed by atoms with E-state index < -0.39 is 0 Å². The molecule has 2 aromatic carbocycles. The maximum atomic E-state index is 9.29. The second-order valence-electron chi connectivity index (χ2n) is 5.01. The van der Waals surface area contributed by atoms with Crippen molar-refractivity contribution in [3.8, 4) is 34.8 Å². The van der Waals surface area contributed by atoms with Gasteiger partial charge in [0.25, 0.3) is 0 Å². The van der Waals surface area contributed by atoms with Gasteiger partial charge in [-0.2, -0.15) is 4.98 Å². The number of aromatic nitrogens is 1. The first-order chi connectivity index (χ1) is 11.1. The maximum absolute atomic E-state index is 9.29. The zero-order chi connectivity index (χ0) is 16.2. The van der Waals surface area contributed by atoms with Gasteiger partial charge in [-0.25, -0.2) is 0 Å². The lowest BCUT2D eigenvalue weighted by atomic mass is 10.3. The van der Waals surface area contributed by atoms with Crippen molar-refractivity contribution in [2.24, 2.45) is 0 Å². The van der Waals surface area contributed by atoms with E-state index in [1.807, 2.05) is 6.92 Å². The van der Waals surface area contributed by atoms with Crippen molar-refractivity contribution in [2.75, 3.05) is 0 Å². The maximum Gasteiger partial charge on any atom is 0.222 e. The van der Waals surface area contributed by atoms with Gasteiger partial charge in [-0.1, -0.05) is 0 Å². The van der Waals surface area contributed by atoms with Crippen LogP contribution in [0.2, 0.25) is 0 Å². The lowest BCUT2D eigenvalue weighted by Crippen LogP contribution is -1.93. The van der Waals surface area contributed by atoms with Crippen LogP contribution in [0.25, 0.3) is 0 Å². The Morgan fingerprint density at radius 3 is 1.48 bits per heavy atom. The number of ether oxygens (including phenoxy) is 2. The van der Waals surface area contributed by atoms with E-state index in [1.165, 1.54) is 0 Å². The summed E-state index contributed by atoms with van der Waals surface area (Å²) < 4.78 is 11.3. The van der Waals surface area contributed by atoms with Gasteiger partial charge >= 0.3 is 0 Å². The van der Waals surface area contributed by atoms with Crippen LogP contribution < -0.4 is 9.47 Å². The molecule has 0 radical (unpaired) electrons. The molecule has 3 aromatic rings. The fourth-order valence-corrected chi connectivity index (χ4v) is 1.98. The number of rotatable bonds is 4. The van der Waals surface area contributed by atoms with Crippen LogP contribution in [-0.2, 0) is 0 Å². The van der Waals surface area contributed by atoms with E-state index in [9.17, 15) is 10.2 Å². The topological polar surface area (TPSA) is 71.8 Å². The minimum Gasteiger partial charge on any atom is -0.508 e. The fourth-order valence-electron chi connectivity index (χ4n) is 1.98. The van der Waals surface area contributed by atoms with E-state index in [0.717, 1.165) is 5.56 Å². The summed E-state index contributed by atoms with van der Waals surface area (Å²) in [5.74, 6) is 2.26. The smallest absolute Gasteiger partial charge is 0.222 e. The Hall–Kier alpha value is -3.21. The van der Waals surface area contributed by atoms with Gasteiger partial charge in [-0.3, -0.25) is 0 Å². The number of phenolic OH excluding ortho intramolecular Hbond substituents is 2. The van der Waals surface area contributed by atoms with Gasteiger partial charge in [0.1, 0.15) is 23.0 Å². The predicted octanol–water partition coefficient (Wildman–Crippen LogP) is 4.39. The number of pyridine rings is 1. The van der Waals surface area contributed by atoms with Gasteiger partial charge in [0.2, 0.25) is 11.8 Å². The standard InChI is InChI=1S/C18H15NO4/c1-12-10-17(22-15-6-2-13(20)3-7-15)19-18(11-12)23-16-8-4-14(21)5-9-16/h2-11,20-21H,1H3. The molecule has 0 saturated heterocycles. The summed E-state index contributed by atoms with van der Waals surface area (Å²) in [6.07, 6.45) is 0. The molecule has 0 spiro atoms. The third kappa shape index (κ3) is 3.91. The molecular formula is C18H15NO4. The van der Waals surface area contributed by atoms with E-state index in [0.29, 0.717) is 23.3 Å². The highest BCUT2D eigenvalue weighted by Crippen LogP contribution is 2.27. The highest BCUT2D eigenvalue weighted by atomic mass is 16.5. The lowest BCUT2D eigenvalue weighted by Gasteiger charge is -2.09. The van der Waals surface area contributed by atoms with Crippen molar-refractivity contribution in [2.45, 2.75) is 6.92 Å². The predicted molar refractivity (Wildman–Crippen MR) is 85.3 cm³/mol. The molecule has 0 aliphatic rings. The van der Waals surface area contributed by atoms with Gasteiger partial charge in [0.05, 0.1) is 0 Å². The Balaban J connectivity index is 1.81. The minimum atomic E-state index is 0.172. The van der Waals surface area contributed by atoms with Crippen LogP contribution in [0.5, 0.6) is 34.8 Å². The molecule has 0 saturated carbocycles. The third-order valence-corrected chi connectivity index (χ3v) is 3.04. The Morgan fingerprint density at radius 2 is 1.09 bits per heavy atom. The average molecular weight is 309 g/mol. The summed E-state index contributed by atoms with van der Waals surface area (Å²) in [5, 5.41) is 18.6. The first-order valence-electron chi connectivity index (χ1n) is 7.01. The molecule has 0 unspecified atom stereocenters. The van der Waals surface area contributed by atoms with Crippen LogP contribution in [0.15, 0.2) is 60.7 Å². The molecule has 0 amide bonds. The molecule has 0 aliphatic heterocycles. The monoisotopic (exact) mass is 309 g/mol. The SMILES string of the molecule is Cc1cc(Oc2ccc(O)cc2)nc(Oc2ccc(O)cc2)c1. The Labute approximate surface area is 133 Å².